The van der Waals surface area contributed by atoms with Gasteiger partial charge in [-0.1, -0.05) is 22.9 Å². The van der Waals surface area contributed by atoms with Crippen LogP contribution in [0.15, 0.2) is 22.7 Å². The SMILES string of the molecule is CCCOc1ccc(Br)cc1C(=O)NCCCOC. The normalized spacial score (nSPS) is 10.3. The van der Waals surface area contributed by atoms with Gasteiger partial charge in [-0.25, -0.2) is 0 Å². The fourth-order valence-corrected chi connectivity index (χ4v) is 1.89. The minimum Gasteiger partial charge on any atom is -0.493 e. The Bertz CT molecular complexity index is 410. The third-order valence-corrected chi connectivity index (χ3v) is 2.95. The summed E-state index contributed by atoms with van der Waals surface area (Å²) in [7, 11) is 1.65. The van der Waals surface area contributed by atoms with Gasteiger partial charge in [-0.2, -0.15) is 0 Å². The van der Waals surface area contributed by atoms with E-state index in [2.05, 4.69) is 21.2 Å². The number of amides is 1. The van der Waals surface area contributed by atoms with Crippen LogP contribution in [0.25, 0.3) is 0 Å². The van der Waals surface area contributed by atoms with E-state index in [1.165, 1.54) is 0 Å². The monoisotopic (exact) mass is 329 g/mol. The van der Waals surface area contributed by atoms with Gasteiger partial charge in [-0.3, -0.25) is 4.79 Å². The van der Waals surface area contributed by atoms with Crippen LogP contribution in [-0.4, -0.2) is 32.8 Å². The van der Waals surface area contributed by atoms with Crippen molar-refractivity contribution in [3.63, 3.8) is 0 Å². The molecule has 0 atom stereocenters. The molecular weight excluding hydrogens is 310 g/mol. The van der Waals surface area contributed by atoms with E-state index in [4.69, 9.17) is 9.47 Å². The van der Waals surface area contributed by atoms with Crippen LogP contribution >= 0.6 is 15.9 Å². The van der Waals surface area contributed by atoms with E-state index >= 15 is 0 Å². The Kier molecular flexibility index (Phi) is 7.52. The summed E-state index contributed by atoms with van der Waals surface area (Å²) in [5.74, 6) is 0.498. The number of ether oxygens (including phenoxy) is 2. The summed E-state index contributed by atoms with van der Waals surface area (Å²) in [5, 5.41) is 2.86. The molecule has 0 aliphatic carbocycles. The number of benzene rings is 1. The second kappa shape index (κ2) is 8.93. The maximum Gasteiger partial charge on any atom is 0.255 e. The molecule has 1 amide bonds. The van der Waals surface area contributed by atoms with E-state index in [-0.39, 0.29) is 5.91 Å². The molecular formula is C14H20BrNO3. The Morgan fingerprint density at radius 1 is 1.37 bits per heavy atom. The topological polar surface area (TPSA) is 47.6 Å². The van der Waals surface area contributed by atoms with E-state index in [0.29, 0.717) is 31.1 Å². The van der Waals surface area contributed by atoms with Crippen molar-refractivity contribution in [2.75, 3.05) is 26.9 Å². The largest absolute Gasteiger partial charge is 0.493 e. The molecule has 0 heterocycles. The zero-order valence-corrected chi connectivity index (χ0v) is 13.0. The van der Waals surface area contributed by atoms with E-state index in [1.807, 2.05) is 19.1 Å². The van der Waals surface area contributed by atoms with Gasteiger partial charge in [0, 0.05) is 24.7 Å². The van der Waals surface area contributed by atoms with Crippen LogP contribution < -0.4 is 10.1 Å². The van der Waals surface area contributed by atoms with Gasteiger partial charge < -0.3 is 14.8 Å². The van der Waals surface area contributed by atoms with Crippen LogP contribution in [0.3, 0.4) is 0 Å². The van der Waals surface area contributed by atoms with Gasteiger partial charge in [0.1, 0.15) is 5.75 Å². The second-order valence-electron chi connectivity index (χ2n) is 4.09. The number of rotatable bonds is 8. The minimum atomic E-state index is -0.122. The molecule has 0 spiro atoms. The highest BCUT2D eigenvalue weighted by Crippen LogP contribution is 2.23. The number of nitrogens with one attached hydrogen (secondary N) is 1. The molecule has 0 aromatic heterocycles. The molecule has 106 valence electrons. The lowest BCUT2D eigenvalue weighted by atomic mass is 10.2. The Labute approximate surface area is 122 Å². The fourth-order valence-electron chi connectivity index (χ4n) is 1.53. The highest BCUT2D eigenvalue weighted by atomic mass is 79.9. The van der Waals surface area contributed by atoms with Crippen molar-refractivity contribution < 1.29 is 14.3 Å². The van der Waals surface area contributed by atoms with Crippen molar-refractivity contribution in [2.45, 2.75) is 19.8 Å². The number of halogens is 1. The Balaban J connectivity index is 2.67. The van der Waals surface area contributed by atoms with Crippen molar-refractivity contribution in [3.05, 3.63) is 28.2 Å². The minimum absolute atomic E-state index is 0.122. The number of methoxy groups -OCH3 is 1. The molecule has 0 saturated carbocycles. The average molecular weight is 330 g/mol. The lowest BCUT2D eigenvalue weighted by Crippen LogP contribution is -2.25. The van der Waals surface area contributed by atoms with Gasteiger partial charge in [0.2, 0.25) is 0 Å². The smallest absolute Gasteiger partial charge is 0.255 e. The Morgan fingerprint density at radius 3 is 2.84 bits per heavy atom. The molecule has 0 aliphatic heterocycles. The molecule has 0 radical (unpaired) electrons. The van der Waals surface area contributed by atoms with Crippen molar-refractivity contribution in [3.8, 4) is 5.75 Å². The van der Waals surface area contributed by atoms with Crippen LogP contribution in [0, 0.1) is 0 Å². The van der Waals surface area contributed by atoms with E-state index in [0.717, 1.165) is 17.3 Å². The number of carbonyl (C=O) groups is 1. The zero-order chi connectivity index (χ0) is 14.1. The molecule has 0 unspecified atom stereocenters. The summed E-state index contributed by atoms with van der Waals surface area (Å²) in [6.45, 7) is 3.86. The Morgan fingerprint density at radius 2 is 2.16 bits per heavy atom. The second-order valence-corrected chi connectivity index (χ2v) is 5.01. The van der Waals surface area contributed by atoms with Crippen molar-refractivity contribution in [1.82, 2.24) is 5.32 Å². The lowest BCUT2D eigenvalue weighted by molar-refractivity contribution is 0.0944. The predicted molar refractivity (Wildman–Crippen MR) is 78.8 cm³/mol. The van der Waals surface area contributed by atoms with Crippen molar-refractivity contribution in [1.29, 1.82) is 0 Å². The van der Waals surface area contributed by atoms with E-state index < -0.39 is 0 Å². The number of hydrogen-bond acceptors (Lipinski definition) is 3. The summed E-state index contributed by atoms with van der Waals surface area (Å²) in [4.78, 5) is 12.1. The van der Waals surface area contributed by atoms with Gasteiger partial charge in [0.25, 0.3) is 5.91 Å². The van der Waals surface area contributed by atoms with Crippen LogP contribution in [0.5, 0.6) is 5.75 Å². The van der Waals surface area contributed by atoms with Crippen LogP contribution in [0.1, 0.15) is 30.1 Å². The quantitative estimate of drug-likeness (QED) is 0.746. The molecule has 4 nitrogen and oxygen atoms in total. The molecule has 19 heavy (non-hydrogen) atoms. The molecule has 0 fully saturated rings. The first-order valence-corrected chi connectivity index (χ1v) is 7.17. The maximum atomic E-state index is 12.1. The number of hydrogen-bond donors (Lipinski definition) is 1. The molecule has 1 rings (SSSR count). The molecule has 1 aromatic rings. The van der Waals surface area contributed by atoms with Crippen LogP contribution in [0.2, 0.25) is 0 Å². The van der Waals surface area contributed by atoms with Gasteiger partial charge in [0.05, 0.1) is 12.2 Å². The van der Waals surface area contributed by atoms with Gasteiger partial charge in [0.15, 0.2) is 0 Å². The first-order valence-electron chi connectivity index (χ1n) is 6.38. The van der Waals surface area contributed by atoms with E-state index in [1.54, 1.807) is 13.2 Å². The first-order chi connectivity index (χ1) is 9.19. The maximum absolute atomic E-state index is 12.1. The molecule has 0 saturated heterocycles. The average Bonchev–Trinajstić information content (AvgIpc) is 2.42. The highest BCUT2D eigenvalue weighted by Gasteiger charge is 2.12. The molecule has 0 aliphatic rings. The van der Waals surface area contributed by atoms with Crippen molar-refractivity contribution >= 4 is 21.8 Å². The molecule has 5 heteroatoms. The summed E-state index contributed by atoms with van der Waals surface area (Å²) in [5.41, 5.74) is 0.556. The van der Waals surface area contributed by atoms with Gasteiger partial charge in [-0.15, -0.1) is 0 Å². The van der Waals surface area contributed by atoms with Crippen LogP contribution in [0.4, 0.5) is 0 Å². The number of carbonyl (C=O) groups excluding carboxylic acids is 1. The first kappa shape index (κ1) is 16.0. The zero-order valence-electron chi connectivity index (χ0n) is 11.4. The van der Waals surface area contributed by atoms with Crippen LogP contribution in [-0.2, 0) is 4.74 Å². The predicted octanol–water partition coefficient (Wildman–Crippen LogP) is 3.00. The fraction of sp³-hybridized carbons (Fsp3) is 0.500. The van der Waals surface area contributed by atoms with Gasteiger partial charge >= 0.3 is 0 Å². The molecule has 1 N–H and O–H groups in total. The third-order valence-electron chi connectivity index (χ3n) is 2.46. The van der Waals surface area contributed by atoms with E-state index in [9.17, 15) is 4.79 Å². The lowest BCUT2D eigenvalue weighted by Gasteiger charge is -2.11. The van der Waals surface area contributed by atoms with Crippen molar-refractivity contribution in [2.24, 2.45) is 0 Å². The summed E-state index contributed by atoms with van der Waals surface area (Å²) < 4.78 is 11.4. The summed E-state index contributed by atoms with van der Waals surface area (Å²) in [6, 6.07) is 5.45. The highest BCUT2D eigenvalue weighted by molar-refractivity contribution is 9.10. The molecule has 0 bridgehead atoms. The third kappa shape index (κ3) is 5.61. The van der Waals surface area contributed by atoms with Gasteiger partial charge in [-0.05, 0) is 31.0 Å². The summed E-state index contributed by atoms with van der Waals surface area (Å²) in [6.07, 6.45) is 1.70. The summed E-state index contributed by atoms with van der Waals surface area (Å²) >= 11 is 3.37. The molecule has 1 aromatic carbocycles. The standard InChI is InChI=1S/C14H20BrNO3/c1-3-8-19-13-6-5-11(15)10-12(13)14(17)16-7-4-9-18-2/h5-6,10H,3-4,7-9H2,1-2H3,(H,16,17). The Hall–Kier alpha value is -1.07.